The maximum absolute atomic E-state index is 12.4. The second-order valence-electron chi connectivity index (χ2n) is 4.64. The Hall–Kier alpha value is -2.30. The van der Waals surface area contributed by atoms with Crippen LogP contribution < -0.4 is 10.1 Å². The van der Waals surface area contributed by atoms with Gasteiger partial charge in [0.1, 0.15) is 17.9 Å². The highest BCUT2D eigenvalue weighted by Gasteiger charge is 2.37. The van der Waals surface area contributed by atoms with Gasteiger partial charge in [-0.15, -0.1) is 0 Å². The van der Waals surface area contributed by atoms with E-state index in [1.165, 1.54) is 0 Å². The third kappa shape index (κ3) is 3.84. The van der Waals surface area contributed by atoms with E-state index in [9.17, 15) is 14.7 Å². The standard InChI is InChI=1S/C16H21NO4/c1-4-11-21-13-10-8-7-9-12(13)14(18)17-16(5-2,6-3)15(19)20/h4,7-10H,1,5-6,11H2,2-3H3,(H,17,18)(H,19,20). The molecule has 0 aliphatic rings. The largest absolute Gasteiger partial charge is 0.489 e. The maximum atomic E-state index is 12.4. The van der Waals surface area contributed by atoms with E-state index in [-0.39, 0.29) is 6.61 Å². The predicted octanol–water partition coefficient (Wildman–Crippen LogP) is 2.62. The lowest BCUT2D eigenvalue weighted by molar-refractivity contribution is -0.144. The molecule has 0 atom stereocenters. The minimum absolute atomic E-state index is 0.274. The highest BCUT2D eigenvalue weighted by molar-refractivity contribution is 6.00. The Morgan fingerprint density at radius 2 is 1.95 bits per heavy atom. The van der Waals surface area contributed by atoms with Crippen molar-refractivity contribution in [1.82, 2.24) is 5.32 Å². The fourth-order valence-electron chi connectivity index (χ4n) is 2.00. The van der Waals surface area contributed by atoms with Crippen LogP contribution in [0.25, 0.3) is 0 Å². The fraction of sp³-hybridized carbons (Fsp3) is 0.375. The Labute approximate surface area is 124 Å². The summed E-state index contributed by atoms with van der Waals surface area (Å²) in [5, 5.41) is 12.0. The minimum Gasteiger partial charge on any atom is -0.489 e. The van der Waals surface area contributed by atoms with Crippen molar-refractivity contribution in [2.45, 2.75) is 32.2 Å². The van der Waals surface area contributed by atoms with Gasteiger partial charge in [0.2, 0.25) is 0 Å². The molecule has 2 N–H and O–H groups in total. The summed E-state index contributed by atoms with van der Waals surface area (Å²) in [4.78, 5) is 23.8. The van der Waals surface area contributed by atoms with Crippen LogP contribution in [0, 0.1) is 0 Å². The number of amides is 1. The third-order valence-corrected chi connectivity index (χ3v) is 3.46. The molecule has 1 rings (SSSR count). The fourth-order valence-corrected chi connectivity index (χ4v) is 2.00. The van der Waals surface area contributed by atoms with Crippen LogP contribution in [0.3, 0.4) is 0 Å². The van der Waals surface area contributed by atoms with E-state index >= 15 is 0 Å². The average Bonchev–Trinajstić information content (AvgIpc) is 2.50. The number of hydrogen-bond donors (Lipinski definition) is 2. The zero-order chi connectivity index (χ0) is 15.9. The van der Waals surface area contributed by atoms with Gasteiger partial charge in [0.25, 0.3) is 5.91 Å². The van der Waals surface area contributed by atoms with Crippen molar-refractivity contribution in [2.24, 2.45) is 0 Å². The second kappa shape index (κ2) is 7.47. The first-order valence-electron chi connectivity index (χ1n) is 6.89. The van der Waals surface area contributed by atoms with Crippen molar-refractivity contribution in [3.05, 3.63) is 42.5 Å². The highest BCUT2D eigenvalue weighted by Crippen LogP contribution is 2.21. The topological polar surface area (TPSA) is 75.6 Å². The summed E-state index contributed by atoms with van der Waals surface area (Å²) in [7, 11) is 0. The summed E-state index contributed by atoms with van der Waals surface area (Å²) in [5.41, 5.74) is -0.949. The zero-order valence-electron chi connectivity index (χ0n) is 12.4. The molecular formula is C16H21NO4. The lowest BCUT2D eigenvalue weighted by atomic mass is 9.92. The van der Waals surface area contributed by atoms with Crippen molar-refractivity contribution in [3.8, 4) is 5.75 Å². The molecule has 0 spiro atoms. The van der Waals surface area contributed by atoms with Crippen LogP contribution >= 0.6 is 0 Å². The molecule has 0 unspecified atom stereocenters. The molecule has 5 nitrogen and oxygen atoms in total. The van der Waals surface area contributed by atoms with Gasteiger partial charge in [0.15, 0.2) is 0 Å². The Bertz CT molecular complexity index is 521. The predicted molar refractivity (Wildman–Crippen MR) is 80.5 cm³/mol. The smallest absolute Gasteiger partial charge is 0.329 e. The first-order valence-corrected chi connectivity index (χ1v) is 6.89. The molecule has 21 heavy (non-hydrogen) atoms. The van der Waals surface area contributed by atoms with Gasteiger partial charge >= 0.3 is 5.97 Å². The van der Waals surface area contributed by atoms with Gasteiger partial charge in [-0.3, -0.25) is 4.79 Å². The average molecular weight is 291 g/mol. The molecule has 0 radical (unpaired) electrons. The van der Waals surface area contributed by atoms with E-state index in [1.807, 2.05) is 0 Å². The van der Waals surface area contributed by atoms with Gasteiger partial charge in [0, 0.05) is 0 Å². The molecule has 0 aromatic heterocycles. The van der Waals surface area contributed by atoms with Gasteiger partial charge < -0.3 is 15.2 Å². The monoisotopic (exact) mass is 291 g/mol. The molecule has 0 fully saturated rings. The van der Waals surface area contributed by atoms with Gasteiger partial charge in [-0.1, -0.05) is 38.6 Å². The first-order chi connectivity index (χ1) is 10.0. The molecular weight excluding hydrogens is 270 g/mol. The summed E-state index contributed by atoms with van der Waals surface area (Å²) < 4.78 is 5.42. The van der Waals surface area contributed by atoms with E-state index in [0.717, 1.165) is 0 Å². The van der Waals surface area contributed by atoms with Crippen molar-refractivity contribution in [1.29, 1.82) is 0 Å². The third-order valence-electron chi connectivity index (χ3n) is 3.46. The number of ether oxygens (including phenoxy) is 1. The van der Waals surface area contributed by atoms with Crippen LogP contribution in [0.4, 0.5) is 0 Å². The number of carbonyl (C=O) groups is 2. The Balaban J connectivity index is 3.03. The van der Waals surface area contributed by atoms with Crippen LogP contribution in [0.5, 0.6) is 5.75 Å². The van der Waals surface area contributed by atoms with Crippen molar-refractivity contribution >= 4 is 11.9 Å². The van der Waals surface area contributed by atoms with Crippen LogP contribution in [0.1, 0.15) is 37.0 Å². The number of rotatable bonds is 8. The molecule has 1 aromatic rings. The SMILES string of the molecule is C=CCOc1ccccc1C(=O)NC(CC)(CC)C(=O)O. The Morgan fingerprint density at radius 3 is 2.48 bits per heavy atom. The van der Waals surface area contributed by atoms with Crippen molar-refractivity contribution < 1.29 is 19.4 Å². The molecule has 0 aliphatic carbocycles. The normalized spacial score (nSPS) is 10.8. The van der Waals surface area contributed by atoms with Gasteiger partial charge in [-0.05, 0) is 25.0 Å². The van der Waals surface area contributed by atoms with Crippen LogP contribution in [0.15, 0.2) is 36.9 Å². The summed E-state index contributed by atoms with van der Waals surface area (Å²) in [6, 6.07) is 6.72. The van der Waals surface area contributed by atoms with Crippen molar-refractivity contribution in [2.75, 3.05) is 6.61 Å². The zero-order valence-corrected chi connectivity index (χ0v) is 12.4. The van der Waals surface area contributed by atoms with E-state index in [2.05, 4.69) is 11.9 Å². The molecule has 0 bridgehead atoms. The molecule has 1 amide bonds. The van der Waals surface area contributed by atoms with Crippen LogP contribution in [-0.2, 0) is 4.79 Å². The number of nitrogens with one attached hydrogen (secondary N) is 1. The Kier molecular flexibility index (Phi) is 5.96. The lowest BCUT2D eigenvalue weighted by Crippen LogP contribution is -2.53. The number of hydrogen-bond acceptors (Lipinski definition) is 3. The number of carboxylic acid groups (broad SMARTS) is 1. The minimum atomic E-state index is -1.26. The van der Waals surface area contributed by atoms with Crippen molar-refractivity contribution in [3.63, 3.8) is 0 Å². The van der Waals surface area contributed by atoms with Crippen LogP contribution in [0.2, 0.25) is 0 Å². The van der Waals surface area contributed by atoms with E-state index < -0.39 is 17.4 Å². The molecule has 114 valence electrons. The van der Waals surface area contributed by atoms with E-state index in [1.54, 1.807) is 44.2 Å². The number of carboxylic acids is 1. The maximum Gasteiger partial charge on any atom is 0.329 e. The summed E-state index contributed by atoms with van der Waals surface area (Å²) in [6.45, 7) is 7.30. The van der Waals surface area contributed by atoms with Crippen LogP contribution in [-0.4, -0.2) is 29.1 Å². The first kappa shape index (κ1) is 16.8. The second-order valence-corrected chi connectivity index (χ2v) is 4.64. The molecule has 1 aromatic carbocycles. The lowest BCUT2D eigenvalue weighted by Gasteiger charge is -2.28. The molecule has 5 heteroatoms. The van der Waals surface area contributed by atoms with E-state index in [0.29, 0.717) is 24.2 Å². The van der Waals surface area contributed by atoms with Gasteiger partial charge in [-0.2, -0.15) is 0 Å². The van der Waals surface area contributed by atoms with E-state index in [4.69, 9.17) is 4.74 Å². The van der Waals surface area contributed by atoms with Gasteiger partial charge in [0.05, 0.1) is 5.56 Å². The summed E-state index contributed by atoms with van der Waals surface area (Å²) in [6.07, 6.45) is 2.19. The molecule has 0 aliphatic heterocycles. The number of aliphatic carboxylic acids is 1. The molecule has 0 saturated carbocycles. The number of carbonyl (C=O) groups excluding carboxylic acids is 1. The number of para-hydroxylation sites is 1. The molecule has 0 heterocycles. The highest BCUT2D eigenvalue weighted by atomic mass is 16.5. The summed E-state index contributed by atoms with van der Waals surface area (Å²) in [5.74, 6) is -1.09. The Morgan fingerprint density at radius 1 is 1.33 bits per heavy atom. The quantitative estimate of drug-likeness (QED) is 0.722. The summed E-state index contributed by atoms with van der Waals surface area (Å²) >= 11 is 0. The number of benzene rings is 1. The van der Waals surface area contributed by atoms with Gasteiger partial charge in [-0.25, -0.2) is 4.79 Å². The molecule has 0 saturated heterocycles.